The molecule has 0 radical (unpaired) electrons. The number of hydrazine groups is 1. The highest BCUT2D eigenvalue weighted by atomic mass is 32.2. The van der Waals surface area contributed by atoms with Crippen molar-refractivity contribution in [3.8, 4) is 5.75 Å². The van der Waals surface area contributed by atoms with Gasteiger partial charge in [0.25, 0.3) is 5.91 Å². The first-order valence-electron chi connectivity index (χ1n) is 9.73. The Morgan fingerprint density at radius 3 is 1.94 bits per heavy atom. The number of carbonyl (C=O) groups excluding carboxylic acids is 1. The molecule has 0 fully saturated rings. The molecule has 0 atom stereocenters. The van der Waals surface area contributed by atoms with Crippen LogP contribution in [0.3, 0.4) is 0 Å². The molecule has 31 heavy (non-hydrogen) atoms. The normalized spacial score (nSPS) is 11.2. The standard InChI is InChI=1S/C23H25N3O4S/c1-17(2)25-31(28,29)22-16-18(14-15-21(22)30-3)23(27)24-26(19-10-6-4-7-11-19)20-12-8-5-9-13-20/h4-17,25H,1-3H3,(H,24,27). The predicted molar refractivity (Wildman–Crippen MR) is 121 cm³/mol. The van der Waals surface area contributed by atoms with Crippen LogP contribution >= 0.6 is 0 Å². The fourth-order valence-corrected chi connectivity index (χ4v) is 4.45. The van der Waals surface area contributed by atoms with E-state index in [1.807, 2.05) is 60.7 Å². The summed E-state index contributed by atoms with van der Waals surface area (Å²) in [5.41, 5.74) is 4.55. The molecule has 0 heterocycles. The molecule has 0 aliphatic heterocycles. The van der Waals surface area contributed by atoms with Crippen LogP contribution in [0.15, 0.2) is 83.8 Å². The van der Waals surface area contributed by atoms with Crippen molar-refractivity contribution >= 4 is 27.3 Å². The van der Waals surface area contributed by atoms with Gasteiger partial charge in [0.1, 0.15) is 10.6 Å². The van der Waals surface area contributed by atoms with Gasteiger partial charge in [-0.2, -0.15) is 0 Å². The second-order valence-electron chi connectivity index (χ2n) is 7.09. The van der Waals surface area contributed by atoms with Crippen LogP contribution in [0.4, 0.5) is 11.4 Å². The number of benzene rings is 3. The molecule has 0 unspecified atom stereocenters. The molecule has 0 saturated carbocycles. The van der Waals surface area contributed by atoms with Crippen LogP contribution in [-0.4, -0.2) is 27.5 Å². The summed E-state index contributed by atoms with van der Waals surface area (Å²) in [6.45, 7) is 3.44. The largest absolute Gasteiger partial charge is 0.495 e. The third kappa shape index (κ3) is 5.42. The number of rotatable bonds is 8. The molecular formula is C23H25N3O4S. The number of carbonyl (C=O) groups is 1. The van der Waals surface area contributed by atoms with Crippen LogP contribution < -0.4 is 19.9 Å². The molecule has 0 aliphatic rings. The van der Waals surface area contributed by atoms with Crippen molar-refractivity contribution in [3.05, 3.63) is 84.4 Å². The maximum atomic E-state index is 13.1. The zero-order chi connectivity index (χ0) is 22.4. The van der Waals surface area contributed by atoms with Gasteiger partial charge in [0, 0.05) is 11.6 Å². The van der Waals surface area contributed by atoms with Crippen LogP contribution in [0.1, 0.15) is 24.2 Å². The first-order valence-corrected chi connectivity index (χ1v) is 11.2. The van der Waals surface area contributed by atoms with Gasteiger partial charge in [-0.3, -0.25) is 15.2 Å². The summed E-state index contributed by atoms with van der Waals surface area (Å²) in [7, 11) is -2.47. The molecule has 0 aromatic heterocycles. The highest BCUT2D eigenvalue weighted by Gasteiger charge is 2.23. The van der Waals surface area contributed by atoms with E-state index >= 15 is 0 Å². The molecule has 1 amide bonds. The lowest BCUT2D eigenvalue weighted by molar-refractivity contribution is 0.0953. The van der Waals surface area contributed by atoms with E-state index < -0.39 is 15.9 Å². The quantitative estimate of drug-likeness (QED) is 0.521. The number of ether oxygens (including phenoxy) is 1. The summed E-state index contributed by atoms with van der Waals surface area (Å²) in [4.78, 5) is 13.0. The van der Waals surface area contributed by atoms with E-state index in [4.69, 9.17) is 4.74 Å². The van der Waals surface area contributed by atoms with Crippen LogP contribution in [0.25, 0.3) is 0 Å². The summed E-state index contributed by atoms with van der Waals surface area (Å²) in [6.07, 6.45) is 0. The fourth-order valence-electron chi connectivity index (χ4n) is 3.00. The van der Waals surface area contributed by atoms with Gasteiger partial charge in [0.2, 0.25) is 10.0 Å². The Hall–Kier alpha value is -3.36. The molecule has 0 saturated heterocycles. The highest BCUT2D eigenvalue weighted by Crippen LogP contribution is 2.26. The summed E-state index contributed by atoms with van der Waals surface area (Å²) >= 11 is 0. The van der Waals surface area contributed by atoms with E-state index in [2.05, 4.69) is 10.1 Å². The lowest BCUT2D eigenvalue weighted by atomic mass is 10.2. The molecule has 3 rings (SSSR count). The molecule has 0 aliphatic carbocycles. The number of methoxy groups -OCH3 is 1. The van der Waals surface area contributed by atoms with E-state index in [9.17, 15) is 13.2 Å². The Morgan fingerprint density at radius 2 is 1.45 bits per heavy atom. The fraction of sp³-hybridized carbons (Fsp3) is 0.174. The van der Waals surface area contributed by atoms with Crippen molar-refractivity contribution in [1.29, 1.82) is 0 Å². The smallest absolute Gasteiger partial charge is 0.270 e. The lowest BCUT2D eigenvalue weighted by Gasteiger charge is -2.25. The second kappa shape index (κ2) is 9.63. The number of amides is 1. The average molecular weight is 440 g/mol. The molecular weight excluding hydrogens is 414 g/mol. The SMILES string of the molecule is COc1ccc(C(=O)NN(c2ccccc2)c2ccccc2)cc1S(=O)(=O)NC(C)C. The minimum absolute atomic E-state index is 0.0951. The third-order valence-corrected chi connectivity index (χ3v) is 6.03. The zero-order valence-corrected chi connectivity index (χ0v) is 18.4. The maximum Gasteiger partial charge on any atom is 0.270 e. The van der Waals surface area contributed by atoms with Crippen LogP contribution in [-0.2, 0) is 10.0 Å². The van der Waals surface area contributed by atoms with Gasteiger partial charge in [-0.05, 0) is 56.3 Å². The van der Waals surface area contributed by atoms with Gasteiger partial charge in [-0.15, -0.1) is 0 Å². The van der Waals surface area contributed by atoms with Gasteiger partial charge in [0.15, 0.2) is 0 Å². The van der Waals surface area contributed by atoms with Gasteiger partial charge < -0.3 is 4.74 Å². The Labute approximate surface area is 182 Å². The topological polar surface area (TPSA) is 87.7 Å². The molecule has 8 heteroatoms. The third-order valence-electron chi connectivity index (χ3n) is 4.35. The maximum absolute atomic E-state index is 13.1. The minimum atomic E-state index is -3.86. The van der Waals surface area contributed by atoms with Crippen molar-refractivity contribution in [3.63, 3.8) is 0 Å². The van der Waals surface area contributed by atoms with Gasteiger partial charge >= 0.3 is 0 Å². The van der Waals surface area contributed by atoms with E-state index in [1.54, 1.807) is 18.9 Å². The first-order chi connectivity index (χ1) is 14.8. The van der Waals surface area contributed by atoms with Gasteiger partial charge in [-0.1, -0.05) is 36.4 Å². The van der Waals surface area contributed by atoms with Crippen molar-refractivity contribution in [2.75, 3.05) is 12.1 Å². The molecule has 0 bridgehead atoms. The Bertz CT molecular complexity index is 1090. The Morgan fingerprint density at radius 1 is 0.903 bits per heavy atom. The molecule has 7 nitrogen and oxygen atoms in total. The molecule has 162 valence electrons. The molecule has 3 aromatic carbocycles. The van der Waals surface area contributed by atoms with Gasteiger partial charge in [-0.25, -0.2) is 13.1 Å². The average Bonchev–Trinajstić information content (AvgIpc) is 2.77. The van der Waals surface area contributed by atoms with E-state index in [1.165, 1.54) is 25.3 Å². The van der Waals surface area contributed by atoms with Crippen LogP contribution in [0, 0.1) is 0 Å². The Kier molecular flexibility index (Phi) is 6.94. The highest BCUT2D eigenvalue weighted by molar-refractivity contribution is 7.89. The zero-order valence-electron chi connectivity index (χ0n) is 17.6. The minimum Gasteiger partial charge on any atom is -0.495 e. The van der Waals surface area contributed by atoms with Crippen molar-refractivity contribution in [2.24, 2.45) is 0 Å². The van der Waals surface area contributed by atoms with Crippen LogP contribution in [0.5, 0.6) is 5.75 Å². The summed E-state index contributed by atoms with van der Waals surface area (Å²) < 4.78 is 33.2. The van der Waals surface area contributed by atoms with E-state index in [0.29, 0.717) is 0 Å². The summed E-state index contributed by atoms with van der Waals surface area (Å²) in [6, 6.07) is 22.7. The van der Waals surface area contributed by atoms with Crippen LogP contribution in [0.2, 0.25) is 0 Å². The van der Waals surface area contributed by atoms with Crippen molar-refractivity contribution in [2.45, 2.75) is 24.8 Å². The van der Waals surface area contributed by atoms with Crippen molar-refractivity contribution < 1.29 is 17.9 Å². The van der Waals surface area contributed by atoms with E-state index in [0.717, 1.165) is 11.4 Å². The Balaban J connectivity index is 1.97. The first kappa shape index (κ1) is 22.3. The number of nitrogens with zero attached hydrogens (tertiary/aromatic N) is 1. The number of hydrogen-bond acceptors (Lipinski definition) is 5. The number of anilines is 2. The second-order valence-corrected chi connectivity index (χ2v) is 8.77. The number of hydrogen-bond donors (Lipinski definition) is 2. The summed E-state index contributed by atoms with van der Waals surface area (Å²) in [5, 5.41) is 1.65. The van der Waals surface area contributed by atoms with E-state index in [-0.39, 0.29) is 22.3 Å². The summed E-state index contributed by atoms with van der Waals surface area (Å²) in [5.74, 6) is -0.302. The van der Waals surface area contributed by atoms with Crippen molar-refractivity contribution in [1.82, 2.24) is 10.1 Å². The molecule has 0 spiro atoms. The number of para-hydroxylation sites is 2. The lowest BCUT2D eigenvalue weighted by Crippen LogP contribution is -2.39. The molecule has 2 N–H and O–H groups in total. The monoisotopic (exact) mass is 439 g/mol. The van der Waals surface area contributed by atoms with Gasteiger partial charge in [0.05, 0.1) is 18.5 Å². The predicted octanol–water partition coefficient (Wildman–Crippen LogP) is 3.87. The molecule has 3 aromatic rings. The number of nitrogens with one attached hydrogen (secondary N) is 2. The number of sulfonamides is 1.